The molecule has 0 heterocycles. The van der Waals surface area contributed by atoms with Gasteiger partial charge in [0.05, 0.1) is 4.92 Å². The van der Waals surface area contributed by atoms with Crippen molar-refractivity contribution in [2.45, 2.75) is 6.92 Å². The number of hydrogen-bond donors (Lipinski definition) is 1. The summed E-state index contributed by atoms with van der Waals surface area (Å²) in [4.78, 5) is 21.4. The van der Waals surface area contributed by atoms with Crippen LogP contribution < -0.4 is 5.32 Å². The van der Waals surface area contributed by atoms with Crippen molar-refractivity contribution in [3.8, 4) is 0 Å². The molecule has 0 spiro atoms. The Morgan fingerprint density at radius 1 is 1.11 bits per heavy atom. The van der Waals surface area contributed by atoms with Crippen LogP contribution in [0.25, 0.3) is 0 Å². The molecule has 96 valence electrons. The number of anilines is 2. The molecule has 0 aliphatic rings. The third-order valence-corrected chi connectivity index (χ3v) is 2.64. The fourth-order valence-corrected chi connectivity index (χ4v) is 1.65. The number of nitro benzene ring substituents is 1. The van der Waals surface area contributed by atoms with Gasteiger partial charge in [-0.2, -0.15) is 0 Å². The molecule has 0 radical (unpaired) electrons. The first-order chi connectivity index (χ1) is 9.06. The summed E-state index contributed by atoms with van der Waals surface area (Å²) in [5, 5.41) is 13.7. The zero-order valence-electron chi connectivity index (χ0n) is 10.3. The highest BCUT2D eigenvalue weighted by Crippen LogP contribution is 2.21. The van der Waals surface area contributed by atoms with E-state index in [9.17, 15) is 14.9 Å². The fraction of sp³-hybridized carbons (Fsp3) is 0.0714. The van der Waals surface area contributed by atoms with Gasteiger partial charge in [0.2, 0.25) is 0 Å². The molecule has 19 heavy (non-hydrogen) atoms. The first-order valence-electron chi connectivity index (χ1n) is 5.69. The van der Waals surface area contributed by atoms with Crippen molar-refractivity contribution in [3.63, 3.8) is 0 Å². The summed E-state index contributed by atoms with van der Waals surface area (Å²) in [7, 11) is 0. The Morgan fingerprint density at radius 2 is 1.79 bits per heavy atom. The van der Waals surface area contributed by atoms with E-state index in [0.717, 1.165) is 5.69 Å². The molecule has 0 amide bonds. The van der Waals surface area contributed by atoms with Crippen molar-refractivity contribution in [3.05, 3.63) is 64.2 Å². The van der Waals surface area contributed by atoms with E-state index in [1.165, 1.54) is 19.1 Å². The maximum Gasteiger partial charge on any atom is 0.271 e. The van der Waals surface area contributed by atoms with Gasteiger partial charge in [0, 0.05) is 29.1 Å². The number of nitrogens with one attached hydrogen (secondary N) is 1. The summed E-state index contributed by atoms with van der Waals surface area (Å²) in [6.07, 6.45) is 0. The lowest BCUT2D eigenvalue weighted by Gasteiger charge is -2.06. The van der Waals surface area contributed by atoms with E-state index in [1.807, 2.05) is 0 Å². The van der Waals surface area contributed by atoms with Gasteiger partial charge in [-0.25, -0.2) is 0 Å². The van der Waals surface area contributed by atoms with Crippen LogP contribution in [0.1, 0.15) is 17.3 Å². The van der Waals surface area contributed by atoms with E-state index in [2.05, 4.69) is 5.32 Å². The second kappa shape index (κ2) is 5.30. The number of non-ortho nitro benzene ring substituents is 1. The summed E-state index contributed by atoms with van der Waals surface area (Å²) >= 11 is 0. The zero-order chi connectivity index (χ0) is 13.8. The van der Waals surface area contributed by atoms with Gasteiger partial charge in [-0.3, -0.25) is 14.9 Å². The maximum absolute atomic E-state index is 11.1. The number of carbonyl (C=O) groups excluding carboxylic acids is 1. The van der Waals surface area contributed by atoms with Crippen molar-refractivity contribution < 1.29 is 9.72 Å². The molecule has 0 atom stereocenters. The second-order valence-electron chi connectivity index (χ2n) is 4.07. The molecule has 5 nitrogen and oxygen atoms in total. The lowest BCUT2D eigenvalue weighted by Crippen LogP contribution is -1.95. The van der Waals surface area contributed by atoms with Gasteiger partial charge in [-0.1, -0.05) is 6.07 Å². The van der Waals surface area contributed by atoms with Crippen molar-refractivity contribution in [1.82, 2.24) is 0 Å². The van der Waals surface area contributed by atoms with Gasteiger partial charge in [0.25, 0.3) is 5.69 Å². The minimum atomic E-state index is -0.440. The highest BCUT2D eigenvalue weighted by Gasteiger charge is 2.05. The van der Waals surface area contributed by atoms with E-state index in [4.69, 9.17) is 0 Å². The van der Waals surface area contributed by atoms with Crippen LogP contribution >= 0.6 is 0 Å². The molecule has 2 aromatic carbocycles. The molecule has 5 heteroatoms. The maximum atomic E-state index is 11.1. The van der Waals surface area contributed by atoms with Crippen molar-refractivity contribution in [2.75, 3.05) is 5.32 Å². The average molecular weight is 256 g/mol. The monoisotopic (exact) mass is 256 g/mol. The Balaban J connectivity index is 2.19. The third kappa shape index (κ3) is 3.16. The van der Waals surface area contributed by atoms with E-state index in [1.54, 1.807) is 36.4 Å². The van der Waals surface area contributed by atoms with Crippen molar-refractivity contribution in [1.29, 1.82) is 0 Å². The largest absolute Gasteiger partial charge is 0.355 e. The van der Waals surface area contributed by atoms with Crippen LogP contribution in [-0.4, -0.2) is 10.7 Å². The Labute approximate surface area is 110 Å². The molecule has 0 fully saturated rings. The van der Waals surface area contributed by atoms with Crippen LogP contribution in [0.3, 0.4) is 0 Å². The number of benzene rings is 2. The number of nitrogens with zero attached hydrogens (tertiary/aromatic N) is 1. The van der Waals surface area contributed by atoms with Crippen LogP contribution in [0.5, 0.6) is 0 Å². The van der Waals surface area contributed by atoms with Crippen molar-refractivity contribution >= 4 is 22.8 Å². The van der Waals surface area contributed by atoms with E-state index in [0.29, 0.717) is 11.3 Å². The standard InChI is InChI=1S/C14H12N2O3/c1-10(17)11-5-7-12(8-6-11)15-13-3-2-4-14(9-13)16(18)19/h2-9,15H,1H3. The molecule has 0 saturated heterocycles. The zero-order valence-corrected chi connectivity index (χ0v) is 10.3. The Bertz CT molecular complexity index is 621. The number of carbonyl (C=O) groups is 1. The van der Waals surface area contributed by atoms with Gasteiger partial charge in [-0.15, -0.1) is 0 Å². The van der Waals surface area contributed by atoms with Gasteiger partial charge in [0.1, 0.15) is 0 Å². The molecule has 0 bridgehead atoms. The van der Waals surface area contributed by atoms with Crippen LogP contribution in [0, 0.1) is 10.1 Å². The van der Waals surface area contributed by atoms with Crippen LogP contribution in [0.4, 0.5) is 17.1 Å². The molecule has 2 aromatic rings. The van der Waals surface area contributed by atoms with E-state index < -0.39 is 4.92 Å². The number of Topliss-reactive ketones (excluding diaryl/α,β-unsaturated/α-hetero) is 1. The summed E-state index contributed by atoms with van der Waals surface area (Å²) in [6, 6.07) is 13.2. The molecule has 2 rings (SSSR count). The molecular weight excluding hydrogens is 244 g/mol. The molecule has 0 unspecified atom stereocenters. The predicted molar refractivity (Wildman–Crippen MR) is 72.8 cm³/mol. The van der Waals surface area contributed by atoms with Crippen LogP contribution in [-0.2, 0) is 0 Å². The van der Waals surface area contributed by atoms with Gasteiger partial charge in [0.15, 0.2) is 5.78 Å². The van der Waals surface area contributed by atoms with Gasteiger partial charge in [-0.05, 0) is 37.3 Å². The predicted octanol–water partition coefficient (Wildman–Crippen LogP) is 3.54. The molecule has 0 saturated carbocycles. The lowest BCUT2D eigenvalue weighted by molar-refractivity contribution is -0.384. The second-order valence-corrected chi connectivity index (χ2v) is 4.07. The average Bonchev–Trinajstić information content (AvgIpc) is 2.39. The molecule has 0 aromatic heterocycles. The summed E-state index contributed by atoms with van der Waals surface area (Å²) in [5.74, 6) is 0.00176. The van der Waals surface area contributed by atoms with Crippen molar-refractivity contribution in [2.24, 2.45) is 0 Å². The highest BCUT2D eigenvalue weighted by atomic mass is 16.6. The topological polar surface area (TPSA) is 72.2 Å². The SMILES string of the molecule is CC(=O)c1ccc(Nc2cccc([N+](=O)[O-])c2)cc1. The Hall–Kier alpha value is -2.69. The first-order valence-corrected chi connectivity index (χ1v) is 5.69. The Morgan fingerprint density at radius 3 is 2.37 bits per heavy atom. The number of hydrogen-bond acceptors (Lipinski definition) is 4. The van der Waals surface area contributed by atoms with Crippen LogP contribution in [0.15, 0.2) is 48.5 Å². The minimum absolute atomic E-state index is 0.00176. The lowest BCUT2D eigenvalue weighted by atomic mass is 10.1. The smallest absolute Gasteiger partial charge is 0.271 e. The highest BCUT2D eigenvalue weighted by molar-refractivity contribution is 5.94. The molecular formula is C14H12N2O3. The van der Waals surface area contributed by atoms with E-state index >= 15 is 0 Å². The quantitative estimate of drug-likeness (QED) is 0.516. The normalized spacial score (nSPS) is 9.95. The summed E-state index contributed by atoms with van der Waals surface area (Å²) < 4.78 is 0. The van der Waals surface area contributed by atoms with Crippen LogP contribution in [0.2, 0.25) is 0 Å². The molecule has 1 N–H and O–H groups in total. The molecule has 0 aliphatic carbocycles. The Kier molecular flexibility index (Phi) is 3.56. The minimum Gasteiger partial charge on any atom is -0.355 e. The first kappa shape index (κ1) is 12.8. The molecule has 0 aliphatic heterocycles. The van der Waals surface area contributed by atoms with Gasteiger partial charge >= 0.3 is 0 Å². The third-order valence-electron chi connectivity index (χ3n) is 2.64. The summed E-state index contributed by atoms with van der Waals surface area (Å²) in [5.41, 5.74) is 2.06. The van der Waals surface area contributed by atoms with Gasteiger partial charge < -0.3 is 5.32 Å². The number of ketones is 1. The number of rotatable bonds is 4. The summed E-state index contributed by atoms with van der Waals surface area (Å²) in [6.45, 7) is 1.50. The number of nitro groups is 1. The van der Waals surface area contributed by atoms with E-state index in [-0.39, 0.29) is 11.5 Å². The fourth-order valence-electron chi connectivity index (χ4n) is 1.65.